The Morgan fingerprint density at radius 3 is 2.28 bits per heavy atom. The number of hydrogen-bond donors (Lipinski definition) is 1. The lowest BCUT2D eigenvalue weighted by molar-refractivity contribution is -0.135. The van der Waals surface area contributed by atoms with Crippen molar-refractivity contribution in [2.24, 2.45) is 0 Å². The smallest absolute Gasteiger partial charge is 0.307 e. The topological polar surface area (TPSA) is 71.4 Å². The molecule has 7 heteroatoms. The summed E-state index contributed by atoms with van der Waals surface area (Å²) in [5.74, 6) is -2.02. The quantitative estimate of drug-likeness (QED) is 0.512. The van der Waals surface area contributed by atoms with Crippen molar-refractivity contribution in [2.45, 2.75) is 23.1 Å². The summed E-state index contributed by atoms with van der Waals surface area (Å²) in [6, 6.07) is 15.1. The summed E-state index contributed by atoms with van der Waals surface area (Å²) in [7, 11) is -3.85. The molecule has 0 unspecified atom stereocenters. The second-order valence-electron chi connectivity index (χ2n) is 7.45. The Bertz CT molecular complexity index is 1400. The zero-order valence-electron chi connectivity index (χ0n) is 17.0. The fourth-order valence-electron chi connectivity index (χ4n) is 3.82. The molecule has 1 aliphatic rings. The van der Waals surface area contributed by atoms with Crippen LogP contribution in [-0.4, -0.2) is 19.5 Å². The van der Waals surface area contributed by atoms with E-state index in [4.69, 9.17) is 0 Å². The first kappa shape index (κ1) is 21.6. The van der Waals surface area contributed by atoms with Crippen LogP contribution in [0.25, 0.3) is 17.2 Å². The maximum Gasteiger partial charge on any atom is 0.307 e. The SMILES string of the molecule is CC1=C(CC(=O)O)c2cc(F)ccc2/C1=C\c1cccc(S(=O)(=O)c2ccc(F)cc2)c1. The summed E-state index contributed by atoms with van der Waals surface area (Å²) < 4.78 is 52.9. The molecule has 4 rings (SSSR count). The van der Waals surface area contributed by atoms with E-state index in [1.54, 1.807) is 31.2 Å². The highest BCUT2D eigenvalue weighted by atomic mass is 32.2. The van der Waals surface area contributed by atoms with Crippen LogP contribution in [0.3, 0.4) is 0 Å². The van der Waals surface area contributed by atoms with Crippen molar-refractivity contribution < 1.29 is 27.1 Å². The Morgan fingerprint density at radius 2 is 1.59 bits per heavy atom. The third-order valence-electron chi connectivity index (χ3n) is 5.38. The summed E-state index contributed by atoms with van der Waals surface area (Å²) in [5, 5.41) is 9.28. The average molecular weight is 452 g/mol. The molecule has 162 valence electrons. The van der Waals surface area contributed by atoms with Crippen molar-refractivity contribution in [1.82, 2.24) is 0 Å². The molecule has 0 aliphatic heterocycles. The molecule has 0 aromatic heterocycles. The van der Waals surface area contributed by atoms with E-state index < -0.39 is 27.4 Å². The summed E-state index contributed by atoms with van der Waals surface area (Å²) in [6.07, 6.45) is 1.50. The fourth-order valence-corrected chi connectivity index (χ4v) is 5.14. The maximum absolute atomic E-state index is 13.8. The number of carbonyl (C=O) groups is 1. The van der Waals surface area contributed by atoms with Crippen molar-refractivity contribution in [3.8, 4) is 0 Å². The van der Waals surface area contributed by atoms with Gasteiger partial charge < -0.3 is 5.11 Å². The normalized spacial score (nSPS) is 14.7. The van der Waals surface area contributed by atoms with Gasteiger partial charge in [0.25, 0.3) is 0 Å². The number of carboxylic acids is 1. The minimum atomic E-state index is -3.85. The number of allylic oxidation sites excluding steroid dienone is 2. The van der Waals surface area contributed by atoms with E-state index in [1.807, 2.05) is 0 Å². The van der Waals surface area contributed by atoms with Gasteiger partial charge in [-0.15, -0.1) is 0 Å². The Balaban J connectivity index is 1.80. The number of fused-ring (bicyclic) bond motifs is 1. The molecule has 4 nitrogen and oxygen atoms in total. The molecular weight excluding hydrogens is 434 g/mol. The van der Waals surface area contributed by atoms with Crippen molar-refractivity contribution in [3.63, 3.8) is 0 Å². The molecule has 32 heavy (non-hydrogen) atoms. The highest BCUT2D eigenvalue weighted by molar-refractivity contribution is 7.91. The van der Waals surface area contributed by atoms with Gasteiger partial charge >= 0.3 is 5.97 Å². The van der Waals surface area contributed by atoms with Crippen LogP contribution >= 0.6 is 0 Å². The van der Waals surface area contributed by atoms with Gasteiger partial charge in [0, 0.05) is 0 Å². The van der Waals surface area contributed by atoms with E-state index in [0.717, 1.165) is 12.1 Å². The van der Waals surface area contributed by atoms with Gasteiger partial charge in [-0.1, -0.05) is 18.2 Å². The summed E-state index contributed by atoms with van der Waals surface area (Å²) in [6.45, 7) is 1.77. The average Bonchev–Trinajstić information content (AvgIpc) is 2.99. The van der Waals surface area contributed by atoms with Crippen molar-refractivity contribution in [3.05, 3.63) is 101 Å². The minimum absolute atomic E-state index is 0.0230. The molecule has 0 heterocycles. The minimum Gasteiger partial charge on any atom is -0.481 e. The van der Waals surface area contributed by atoms with Gasteiger partial charge in [0.15, 0.2) is 0 Å². The molecule has 0 bridgehead atoms. The lowest BCUT2D eigenvalue weighted by Crippen LogP contribution is -2.02. The number of halogens is 2. The first-order valence-electron chi connectivity index (χ1n) is 9.71. The molecule has 0 saturated heterocycles. The van der Waals surface area contributed by atoms with Gasteiger partial charge in [-0.2, -0.15) is 0 Å². The highest BCUT2D eigenvalue weighted by Crippen LogP contribution is 2.44. The number of aliphatic carboxylic acids is 1. The zero-order chi connectivity index (χ0) is 23.0. The Labute approximate surface area is 184 Å². The molecular formula is C25H18F2O4S. The molecule has 0 amide bonds. The van der Waals surface area contributed by atoms with E-state index in [2.05, 4.69) is 0 Å². The largest absolute Gasteiger partial charge is 0.481 e. The first-order chi connectivity index (χ1) is 15.2. The third-order valence-corrected chi connectivity index (χ3v) is 7.15. The third kappa shape index (κ3) is 3.99. The van der Waals surface area contributed by atoms with Gasteiger partial charge in [0.2, 0.25) is 9.84 Å². The van der Waals surface area contributed by atoms with Crippen LogP contribution in [0.5, 0.6) is 0 Å². The lowest BCUT2D eigenvalue weighted by atomic mass is 10.0. The second-order valence-corrected chi connectivity index (χ2v) is 9.40. The van der Waals surface area contributed by atoms with Crippen molar-refractivity contribution in [2.75, 3.05) is 0 Å². The number of hydrogen-bond acceptors (Lipinski definition) is 3. The van der Waals surface area contributed by atoms with Crippen LogP contribution in [0.1, 0.15) is 30.0 Å². The summed E-state index contributed by atoms with van der Waals surface area (Å²) in [5.41, 5.74) is 3.70. The highest BCUT2D eigenvalue weighted by Gasteiger charge is 2.26. The maximum atomic E-state index is 13.8. The van der Waals surface area contributed by atoms with E-state index in [-0.39, 0.29) is 16.2 Å². The Kier molecular flexibility index (Phi) is 5.52. The molecule has 0 spiro atoms. The summed E-state index contributed by atoms with van der Waals surface area (Å²) in [4.78, 5) is 11.4. The number of benzene rings is 3. The molecule has 1 N–H and O–H groups in total. The predicted octanol–water partition coefficient (Wildman–Crippen LogP) is 5.60. The van der Waals surface area contributed by atoms with Gasteiger partial charge in [0.1, 0.15) is 11.6 Å². The molecule has 3 aromatic carbocycles. The zero-order valence-corrected chi connectivity index (χ0v) is 17.8. The Hall–Kier alpha value is -3.58. The van der Waals surface area contributed by atoms with Crippen molar-refractivity contribution >= 4 is 33.0 Å². The monoisotopic (exact) mass is 452 g/mol. The second kappa shape index (κ2) is 8.16. The Morgan fingerprint density at radius 1 is 0.906 bits per heavy atom. The molecule has 0 radical (unpaired) electrons. The molecule has 1 aliphatic carbocycles. The van der Waals surface area contributed by atoms with Gasteiger partial charge in [-0.05, 0) is 94.9 Å². The van der Waals surface area contributed by atoms with E-state index in [9.17, 15) is 27.1 Å². The van der Waals surface area contributed by atoms with Crippen LogP contribution in [0.4, 0.5) is 8.78 Å². The molecule has 0 fully saturated rings. The number of rotatable bonds is 5. The van der Waals surface area contributed by atoms with Crippen LogP contribution in [-0.2, 0) is 14.6 Å². The van der Waals surface area contributed by atoms with Gasteiger partial charge in [0.05, 0.1) is 16.2 Å². The van der Waals surface area contributed by atoms with E-state index in [0.29, 0.717) is 33.4 Å². The van der Waals surface area contributed by atoms with Crippen LogP contribution < -0.4 is 0 Å². The van der Waals surface area contributed by atoms with Gasteiger partial charge in [-0.3, -0.25) is 4.79 Å². The standard InChI is InChI=1S/C25H18F2O4S/c1-15-22(21-10-7-18(27)13-24(21)23(15)14-25(28)29)12-16-3-2-4-20(11-16)32(30,31)19-8-5-17(26)6-9-19/h2-13H,14H2,1H3,(H,28,29)/b22-12-. The molecule has 0 saturated carbocycles. The first-order valence-corrected chi connectivity index (χ1v) is 11.2. The van der Waals surface area contributed by atoms with E-state index >= 15 is 0 Å². The molecule has 3 aromatic rings. The van der Waals surface area contributed by atoms with Crippen LogP contribution in [0, 0.1) is 11.6 Å². The van der Waals surface area contributed by atoms with Crippen LogP contribution in [0.2, 0.25) is 0 Å². The number of carboxylic acid groups (broad SMARTS) is 1. The van der Waals surface area contributed by atoms with Crippen molar-refractivity contribution in [1.29, 1.82) is 0 Å². The predicted molar refractivity (Wildman–Crippen MR) is 117 cm³/mol. The molecule has 0 atom stereocenters. The van der Waals surface area contributed by atoms with E-state index in [1.165, 1.54) is 36.4 Å². The lowest BCUT2D eigenvalue weighted by Gasteiger charge is -2.08. The number of sulfone groups is 1. The fraction of sp³-hybridized carbons (Fsp3) is 0.0800. The van der Waals surface area contributed by atoms with Crippen LogP contribution in [0.15, 0.2) is 82.1 Å². The summed E-state index contributed by atoms with van der Waals surface area (Å²) >= 11 is 0. The van der Waals surface area contributed by atoms with Gasteiger partial charge in [-0.25, -0.2) is 17.2 Å².